The predicted octanol–water partition coefficient (Wildman–Crippen LogP) is 6.96. The lowest BCUT2D eigenvalue weighted by atomic mass is 9.86. The molecule has 0 aliphatic heterocycles. The van der Waals surface area contributed by atoms with Gasteiger partial charge in [-0.15, -0.1) is 0 Å². The summed E-state index contributed by atoms with van der Waals surface area (Å²) in [6.07, 6.45) is 8.17. The van der Waals surface area contributed by atoms with Crippen LogP contribution in [0.4, 0.5) is 17.1 Å². The number of anilines is 3. The first-order chi connectivity index (χ1) is 13.3. The van der Waals surface area contributed by atoms with Crippen LogP contribution in [0.25, 0.3) is 11.1 Å². The Morgan fingerprint density at radius 2 is 1.56 bits per heavy atom. The van der Waals surface area contributed by atoms with Gasteiger partial charge in [0.15, 0.2) is 0 Å². The molecular weight excluding hydrogens is 328 g/mol. The topological polar surface area (TPSA) is 24.1 Å². The van der Waals surface area contributed by atoms with Crippen molar-refractivity contribution in [2.45, 2.75) is 25.2 Å². The average Bonchev–Trinajstić information content (AvgIpc) is 2.75. The van der Waals surface area contributed by atoms with Gasteiger partial charge in [0, 0.05) is 18.3 Å². The molecule has 2 heteroatoms. The number of hydrogen-bond donors (Lipinski definition) is 2. The highest BCUT2D eigenvalue weighted by atomic mass is 14.9. The SMILES string of the molecule is CNc1ccccc1Nc1cc(C2CC=CCC2)ccc1-c1ccccc1. The van der Waals surface area contributed by atoms with E-state index in [9.17, 15) is 0 Å². The highest BCUT2D eigenvalue weighted by Crippen LogP contribution is 2.37. The molecule has 1 atom stereocenters. The molecule has 4 rings (SSSR count). The van der Waals surface area contributed by atoms with Crippen LogP contribution in [0.2, 0.25) is 0 Å². The minimum absolute atomic E-state index is 0.611. The summed E-state index contributed by atoms with van der Waals surface area (Å²) in [7, 11) is 1.96. The van der Waals surface area contributed by atoms with Crippen molar-refractivity contribution in [1.82, 2.24) is 0 Å². The molecule has 0 spiro atoms. The van der Waals surface area contributed by atoms with Gasteiger partial charge in [-0.3, -0.25) is 0 Å². The molecule has 0 radical (unpaired) electrons. The second kappa shape index (κ2) is 8.13. The number of nitrogens with one attached hydrogen (secondary N) is 2. The van der Waals surface area contributed by atoms with Gasteiger partial charge in [0.2, 0.25) is 0 Å². The van der Waals surface area contributed by atoms with Crippen LogP contribution in [-0.2, 0) is 0 Å². The zero-order chi connectivity index (χ0) is 18.5. The lowest BCUT2D eigenvalue weighted by molar-refractivity contribution is 0.617. The van der Waals surface area contributed by atoms with Crippen LogP contribution in [0.5, 0.6) is 0 Å². The van der Waals surface area contributed by atoms with Crippen molar-refractivity contribution in [3.8, 4) is 11.1 Å². The van der Waals surface area contributed by atoms with Crippen molar-refractivity contribution in [2.75, 3.05) is 17.7 Å². The summed E-state index contributed by atoms with van der Waals surface area (Å²) in [6, 6.07) is 25.9. The van der Waals surface area contributed by atoms with Crippen molar-refractivity contribution < 1.29 is 0 Å². The standard InChI is InChI=1S/C25H26N2/c1-26-23-14-8-9-15-24(23)27-25-18-21(19-10-4-2-5-11-19)16-17-22(25)20-12-6-3-7-13-20/h2-4,6-9,12-19,26-27H,5,10-11H2,1H3. The van der Waals surface area contributed by atoms with Gasteiger partial charge in [-0.25, -0.2) is 0 Å². The van der Waals surface area contributed by atoms with Crippen molar-refractivity contribution in [2.24, 2.45) is 0 Å². The number of rotatable bonds is 5. The van der Waals surface area contributed by atoms with E-state index in [4.69, 9.17) is 0 Å². The molecule has 0 amide bonds. The molecule has 3 aromatic rings. The van der Waals surface area contributed by atoms with E-state index in [1.165, 1.54) is 29.5 Å². The van der Waals surface area contributed by atoms with Crippen molar-refractivity contribution in [1.29, 1.82) is 0 Å². The van der Waals surface area contributed by atoms with Gasteiger partial charge in [0.25, 0.3) is 0 Å². The van der Waals surface area contributed by atoms with Crippen LogP contribution in [-0.4, -0.2) is 7.05 Å². The molecule has 2 nitrogen and oxygen atoms in total. The maximum absolute atomic E-state index is 3.69. The maximum atomic E-state index is 3.69. The molecule has 0 saturated heterocycles. The summed E-state index contributed by atoms with van der Waals surface area (Å²) in [4.78, 5) is 0. The van der Waals surface area contributed by atoms with Crippen molar-refractivity contribution in [3.63, 3.8) is 0 Å². The third-order valence-electron chi connectivity index (χ3n) is 5.33. The molecule has 3 aromatic carbocycles. The van der Waals surface area contributed by atoms with Gasteiger partial charge >= 0.3 is 0 Å². The highest BCUT2D eigenvalue weighted by Gasteiger charge is 2.15. The zero-order valence-electron chi connectivity index (χ0n) is 15.8. The van der Waals surface area contributed by atoms with Gasteiger partial charge in [0.05, 0.1) is 11.4 Å². The largest absolute Gasteiger partial charge is 0.386 e. The normalized spacial score (nSPS) is 16.1. The van der Waals surface area contributed by atoms with Gasteiger partial charge in [-0.05, 0) is 54.5 Å². The van der Waals surface area contributed by atoms with E-state index in [2.05, 4.69) is 95.6 Å². The predicted molar refractivity (Wildman–Crippen MR) is 117 cm³/mol. The first kappa shape index (κ1) is 17.4. The first-order valence-electron chi connectivity index (χ1n) is 9.73. The third-order valence-corrected chi connectivity index (χ3v) is 5.33. The van der Waals surface area contributed by atoms with Crippen molar-refractivity contribution in [3.05, 3.63) is 90.5 Å². The van der Waals surface area contributed by atoms with Gasteiger partial charge in [-0.1, -0.05) is 66.7 Å². The molecule has 1 aliphatic rings. The van der Waals surface area contributed by atoms with Crippen molar-refractivity contribution >= 4 is 17.1 Å². The fourth-order valence-corrected chi connectivity index (χ4v) is 3.84. The Morgan fingerprint density at radius 3 is 2.30 bits per heavy atom. The Kier molecular flexibility index (Phi) is 5.24. The van der Waals surface area contributed by atoms with E-state index in [0.29, 0.717) is 5.92 Å². The second-order valence-electron chi connectivity index (χ2n) is 7.07. The van der Waals surface area contributed by atoms with E-state index in [1.54, 1.807) is 0 Å². The van der Waals surface area contributed by atoms with Gasteiger partial charge in [0.1, 0.15) is 0 Å². The molecule has 0 fully saturated rings. The van der Waals surface area contributed by atoms with E-state index in [-0.39, 0.29) is 0 Å². The molecule has 0 heterocycles. The second-order valence-corrected chi connectivity index (χ2v) is 7.07. The maximum Gasteiger partial charge on any atom is 0.0620 e. The Balaban J connectivity index is 1.76. The van der Waals surface area contributed by atoms with E-state index >= 15 is 0 Å². The smallest absolute Gasteiger partial charge is 0.0620 e. The fraction of sp³-hybridized carbons (Fsp3) is 0.200. The van der Waals surface area contributed by atoms with E-state index < -0.39 is 0 Å². The molecule has 2 N–H and O–H groups in total. The van der Waals surface area contributed by atoms with E-state index in [1.807, 2.05) is 7.05 Å². The lowest BCUT2D eigenvalue weighted by Gasteiger charge is -2.21. The van der Waals surface area contributed by atoms with Crippen LogP contribution < -0.4 is 10.6 Å². The summed E-state index contributed by atoms with van der Waals surface area (Å²) in [5, 5.41) is 6.97. The Bertz CT molecular complexity index is 928. The Labute approximate surface area is 162 Å². The number of benzene rings is 3. The van der Waals surface area contributed by atoms with Crippen LogP contribution in [0, 0.1) is 0 Å². The quantitative estimate of drug-likeness (QED) is 0.484. The molecule has 0 aromatic heterocycles. The molecule has 0 saturated carbocycles. The van der Waals surface area contributed by atoms with E-state index in [0.717, 1.165) is 23.5 Å². The number of para-hydroxylation sites is 2. The fourth-order valence-electron chi connectivity index (χ4n) is 3.84. The monoisotopic (exact) mass is 354 g/mol. The summed E-state index contributed by atoms with van der Waals surface area (Å²) < 4.78 is 0. The lowest BCUT2D eigenvalue weighted by Crippen LogP contribution is -2.03. The third kappa shape index (κ3) is 3.90. The molecule has 0 bridgehead atoms. The molecule has 27 heavy (non-hydrogen) atoms. The molecule has 136 valence electrons. The summed E-state index contributed by atoms with van der Waals surface area (Å²) in [5.41, 5.74) is 7.24. The molecule has 1 unspecified atom stereocenters. The number of allylic oxidation sites excluding steroid dienone is 2. The van der Waals surface area contributed by atoms with Gasteiger partial charge in [-0.2, -0.15) is 0 Å². The highest BCUT2D eigenvalue weighted by molar-refractivity contribution is 5.84. The Morgan fingerprint density at radius 1 is 0.778 bits per heavy atom. The minimum Gasteiger partial charge on any atom is -0.386 e. The minimum atomic E-state index is 0.611. The first-order valence-corrected chi connectivity index (χ1v) is 9.73. The van der Waals surface area contributed by atoms with Crippen LogP contribution in [0.3, 0.4) is 0 Å². The molecule has 1 aliphatic carbocycles. The zero-order valence-corrected chi connectivity index (χ0v) is 15.8. The summed E-state index contributed by atoms with van der Waals surface area (Å²) in [5.74, 6) is 0.611. The van der Waals surface area contributed by atoms with Crippen LogP contribution in [0.15, 0.2) is 84.9 Å². The van der Waals surface area contributed by atoms with Gasteiger partial charge < -0.3 is 10.6 Å². The summed E-state index contributed by atoms with van der Waals surface area (Å²) in [6.45, 7) is 0. The van der Waals surface area contributed by atoms with Crippen LogP contribution >= 0.6 is 0 Å². The summed E-state index contributed by atoms with van der Waals surface area (Å²) >= 11 is 0. The number of hydrogen-bond acceptors (Lipinski definition) is 2. The Hall–Kier alpha value is -3.00. The average molecular weight is 354 g/mol. The molecular formula is C25H26N2. The van der Waals surface area contributed by atoms with Crippen LogP contribution in [0.1, 0.15) is 30.7 Å².